The van der Waals surface area contributed by atoms with Crippen molar-refractivity contribution < 1.29 is 8.78 Å². The topological polar surface area (TPSA) is 55.0 Å². The molecule has 0 unspecified atom stereocenters. The van der Waals surface area contributed by atoms with Crippen LogP contribution in [0.1, 0.15) is 43.1 Å². The summed E-state index contributed by atoms with van der Waals surface area (Å²) in [6.45, 7) is 2.56. The molecule has 1 aromatic rings. The van der Waals surface area contributed by atoms with Crippen LogP contribution in [0.15, 0.2) is 6.07 Å². The van der Waals surface area contributed by atoms with Crippen molar-refractivity contribution >= 4 is 5.82 Å². The second kappa shape index (κ2) is 4.91. The van der Waals surface area contributed by atoms with E-state index in [2.05, 4.69) is 9.97 Å². The standard InChI is InChI=1S/C14H20F2N4/c1-9-18-12(10-6-11(17)7-10)8-13(19-9)20-4-2-14(15,16)3-5-20/h8,10-11H,2-7,17H2,1H3. The van der Waals surface area contributed by atoms with E-state index in [1.165, 1.54) is 0 Å². The number of alkyl halides is 2. The molecule has 2 aliphatic rings. The zero-order chi connectivity index (χ0) is 14.3. The molecular formula is C14H20F2N4. The molecule has 0 radical (unpaired) electrons. The Labute approximate surface area is 117 Å². The van der Waals surface area contributed by atoms with Crippen LogP contribution in [-0.2, 0) is 0 Å². The number of anilines is 1. The van der Waals surface area contributed by atoms with Gasteiger partial charge in [-0.15, -0.1) is 0 Å². The first-order valence-corrected chi connectivity index (χ1v) is 7.17. The average Bonchev–Trinajstić information content (AvgIpc) is 2.34. The van der Waals surface area contributed by atoms with Crippen molar-refractivity contribution in [3.8, 4) is 0 Å². The molecule has 1 saturated heterocycles. The number of hydrogen-bond donors (Lipinski definition) is 1. The van der Waals surface area contributed by atoms with Gasteiger partial charge in [0.1, 0.15) is 11.6 Å². The molecular weight excluding hydrogens is 262 g/mol. The lowest BCUT2D eigenvalue weighted by molar-refractivity contribution is -0.0221. The van der Waals surface area contributed by atoms with Crippen LogP contribution in [-0.4, -0.2) is 35.0 Å². The number of piperidine rings is 1. The predicted octanol–water partition coefficient (Wildman–Crippen LogP) is 2.23. The summed E-state index contributed by atoms with van der Waals surface area (Å²) in [6.07, 6.45) is 1.71. The van der Waals surface area contributed by atoms with E-state index in [0.717, 1.165) is 24.4 Å². The first kappa shape index (κ1) is 13.7. The highest BCUT2D eigenvalue weighted by Gasteiger charge is 2.35. The highest BCUT2D eigenvalue weighted by Crippen LogP contribution is 2.36. The smallest absolute Gasteiger partial charge is 0.251 e. The van der Waals surface area contributed by atoms with Gasteiger partial charge in [0.15, 0.2) is 0 Å². The van der Waals surface area contributed by atoms with E-state index >= 15 is 0 Å². The van der Waals surface area contributed by atoms with Gasteiger partial charge < -0.3 is 10.6 Å². The summed E-state index contributed by atoms with van der Waals surface area (Å²) in [5.74, 6) is -0.641. The highest BCUT2D eigenvalue weighted by atomic mass is 19.3. The lowest BCUT2D eigenvalue weighted by Crippen LogP contribution is -2.40. The second-order valence-electron chi connectivity index (χ2n) is 5.97. The van der Waals surface area contributed by atoms with E-state index in [4.69, 9.17) is 5.73 Å². The molecule has 4 nitrogen and oxygen atoms in total. The fraction of sp³-hybridized carbons (Fsp3) is 0.714. The minimum Gasteiger partial charge on any atom is -0.356 e. The van der Waals surface area contributed by atoms with Crippen molar-refractivity contribution in [1.29, 1.82) is 0 Å². The second-order valence-corrected chi connectivity index (χ2v) is 5.97. The summed E-state index contributed by atoms with van der Waals surface area (Å²) in [4.78, 5) is 10.8. The van der Waals surface area contributed by atoms with Crippen molar-refractivity contribution in [2.75, 3.05) is 18.0 Å². The maximum atomic E-state index is 13.2. The molecule has 1 aromatic heterocycles. The number of nitrogens with zero attached hydrogens (tertiary/aromatic N) is 3. The molecule has 0 spiro atoms. The zero-order valence-corrected chi connectivity index (χ0v) is 11.6. The number of rotatable bonds is 2. The van der Waals surface area contributed by atoms with Crippen molar-refractivity contribution in [3.63, 3.8) is 0 Å². The molecule has 110 valence electrons. The predicted molar refractivity (Wildman–Crippen MR) is 73.1 cm³/mol. The third kappa shape index (κ3) is 2.75. The lowest BCUT2D eigenvalue weighted by atomic mass is 9.78. The Morgan fingerprint density at radius 1 is 1.25 bits per heavy atom. The molecule has 20 heavy (non-hydrogen) atoms. The van der Waals surface area contributed by atoms with Crippen LogP contribution >= 0.6 is 0 Å². The summed E-state index contributed by atoms with van der Waals surface area (Å²) in [5.41, 5.74) is 6.82. The summed E-state index contributed by atoms with van der Waals surface area (Å²) in [5, 5.41) is 0. The Bertz CT molecular complexity index is 490. The van der Waals surface area contributed by atoms with Crippen molar-refractivity contribution in [2.45, 2.75) is 50.5 Å². The minimum atomic E-state index is -2.53. The molecule has 0 aromatic carbocycles. The van der Waals surface area contributed by atoms with E-state index in [1.807, 2.05) is 17.9 Å². The first-order chi connectivity index (χ1) is 9.43. The number of nitrogens with two attached hydrogens (primary N) is 1. The molecule has 0 atom stereocenters. The first-order valence-electron chi connectivity index (χ1n) is 7.17. The maximum Gasteiger partial charge on any atom is 0.251 e. The number of halogens is 2. The van der Waals surface area contributed by atoms with Gasteiger partial charge in [-0.2, -0.15) is 0 Å². The van der Waals surface area contributed by atoms with Gasteiger partial charge in [0, 0.05) is 49.7 Å². The Morgan fingerprint density at radius 3 is 2.50 bits per heavy atom. The van der Waals surface area contributed by atoms with Crippen molar-refractivity contribution in [3.05, 3.63) is 17.6 Å². The summed E-state index contributed by atoms with van der Waals surface area (Å²) < 4.78 is 26.4. The largest absolute Gasteiger partial charge is 0.356 e. The van der Waals surface area contributed by atoms with E-state index in [-0.39, 0.29) is 18.9 Å². The van der Waals surface area contributed by atoms with E-state index in [0.29, 0.717) is 24.8 Å². The van der Waals surface area contributed by atoms with Gasteiger partial charge in [0.05, 0.1) is 0 Å². The van der Waals surface area contributed by atoms with Gasteiger partial charge in [-0.1, -0.05) is 0 Å². The van der Waals surface area contributed by atoms with Gasteiger partial charge in [0.25, 0.3) is 5.92 Å². The van der Waals surface area contributed by atoms with Crippen LogP contribution in [0.25, 0.3) is 0 Å². The van der Waals surface area contributed by atoms with Crippen LogP contribution < -0.4 is 10.6 Å². The number of aromatic nitrogens is 2. The SMILES string of the molecule is Cc1nc(C2CC(N)C2)cc(N2CCC(F)(F)CC2)n1. The molecule has 0 amide bonds. The highest BCUT2D eigenvalue weighted by molar-refractivity contribution is 5.41. The molecule has 2 heterocycles. The lowest BCUT2D eigenvalue weighted by Gasteiger charge is -2.35. The van der Waals surface area contributed by atoms with E-state index < -0.39 is 5.92 Å². The number of aryl methyl sites for hydroxylation is 1. The molecule has 0 bridgehead atoms. The molecule has 1 saturated carbocycles. The zero-order valence-electron chi connectivity index (χ0n) is 11.6. The molecule has 3 rings (SSSR count). The Morgan fingerprint density at radius 2 is 1.90 bits per heavy atom. The molecule has 1 aliphatic heterocycles. The fourth-order valence-electron chi connectivity index (χ4n) is 2.91. The molecule has 2 N–H and O–H groups in total. The van der Waals surface area contributed by atoms with Crippen molar-refractivity contribution in [1.82, 2.24) is 9.97 Å². The van der Waals surface area contributed by atoms with Gasteiger partial charge >= 0.3 is 0 Å². The van der Waals surface area contributed by atoms with E-state index in [1.54, 1.807) is 0 Å². The summed E-state index contributed by atoms with van der Waals surface area (Å²) in [6, 6.07) is 2.22. The molecule has 6 heteroatoms. The summed E-state index contributed by atoms with van der Waals surface area (Å²) in [7, 11) is 0. The van der Waals surface area contributed by atoms with Crippen LogP contribution in [0.2, 0.25) is 0 Å². The average molecular weight is 282 g/mol. The normalized spacial score (nSPS) is 29.1. The monoisotopic (exact) mass is 282 g/mol. The van der Waals surface area contributed by atoms with Gasteiger partial charge in [-0.3, -0.25) is 0 Å². The summed E-state index contributed by atoms with van der Waals surface area (Å²) >= 11 is 0. The molecule has 2 fully saturated rings. The Hall–Kier alpha value is -1.30. The van der Waals surface area contributed by atoms with E-state index in [9.17, 15) is 8.78 Å². The van der Waals surface area contributed by atoms with Crippen LogP contribution in [0.5, 0.6) is 0 Å². The Balaban J connectivity index is 1.76. The minimum absolute atomic E-state index is 0.0975. The quantitative estimate of drug-likeness (QED) is 0.903. The Kier molecular flexibility index (Phi) is 3.36. The third-order valence-electron chi connectivity index (χ3n) is 4.26. The maximum absolute atomic E-state index is 13.2. The third-order valence-corrected chi connectivity index (χ3v) is 4.26. The van der Waals surface area contributed by atoms with Crippen LogP contribution in [0.3, 0.4) is 0 Å². The van der Waals surface area contributed by atoms with Crippen LogP contribution in [0.4, 0.5) is 14.6 Å². The van der Waals surface area contributed by atoms with Crippen molar-refractivity contribution in [2.24, 2.45) is 5.73 Å². The van der Waals surface area contributed by atoms with Gasteiger partial charge in [-0.05, 0) is 19.8 Å². The number of hydrogen-bond acceptors (Lipinski definition) is 4. The fourth-order valence-corrected chi connectivity index (χ4v) is 2.91. The van der Waals surface area contributed by atoms with Gasteiger partial charge in [-0.25, -0.2) is 18.7 Å². The van der Waals surface area contributed by atoms with Gasteiger partial charge in [0.2, 0.25) is 0 Å². The molecule has 1 aliphatic carbocycles. The van der Waals surface area contributed by atoms with Crippen LogP contribution in [0, 0.1) is 6.92 Å².